The zero-order chi connectivity index (χ0) is 24.1. The van der Waals surface area contributed by atoms with Gasteiger partial charge in [-0.2, -0.15) is 0 Å². The molecule has 9 nitrogen and oxygen atoms in total. The highest BCUT2D eigenvalue weighted by Gasteiger charge is 2.30. The van der Waals surface area contributed by atoms with Crippen LogP contribution in [0, 0.1) is 6.92 Å². The summed E-state index contributed by atoms with van der Waals surface area (Å²) in [5.74, 6) is 0.177. The van der Waals surface area contributed by atoms with Crippen molar-refractivity contribution < 1.29 is 33.0 Å². The molecular formula is C25H25NO8. The Morgan fingerprint density at radius 1 is 1.12 bits per heavy atom. The fourth-order valence-electron chi connectivity index (χ4n) is 3.66. The summed E-state index contributed by atoms with van der Waals surface area (Å²) in [6.07, 6.45) is -0.256. The standard InChI is InChI=1S/C25H25NO8/c1-15-12-23(28)34-21-10-7-18(13-20(15)21)26-25(29)31-14-17-5-8-19(9-6-17)33-24-22(32-16(2)27)4-3-11-30-24/h5-10,12-13,22,24H,3-4,11,14H2,1-2H3,(H,26,29). The SMILES string of the molecule is CC(=O)OC1CCCOC1Oc1ccc(COC(=O)Nc2ccc3oc(=O)cc(C)c3c2)cc1. The van der Waals surface area contributed by atoms with Crippen LogP contribution >= 0.6 is 0 Å². The largest absolute Gasteiger partial charge is 0.461 e. The molecule has 4 rings (SSSR count). The number of benzene rings is 2. The molecule has 1 N–H and O–H groups in total. The third-order valence-corrected chi connectivity index (χ3v) is 5.28. The molecule has 1 aliphatic rings. The molecule has 34 heavy (non-hydrogen) atoms. The molecule has 2 atom stereocenters. The predicted octanol–water partition coefficient (Wildman–Crippen LogP) is 4.30. The lowest BCUT2D eigenvalue weighted by atomic mass is 10.1. The smallest absolute Gasteiger partial charge is 0.411 e. The monoisotopic (exact) mass is 467 g/mol. The van der Waals surface area contributed by atoms with Gasteiger partial charge in [-0.3, -0.25) is 10.1 Å². The summed E-state index contributed by atoms with van der Waals surface area (Å²) in [5, 5.41) is 3.40. The van der Waals surface area contributed by atoms with Gasteiger partial charge in [-0.25, -0.2) is 9.59 Å². The summed E-state index contributed by atoms with van der Waals surface area (Å²) in [4.78, 5) is 35.0. The fourth-order valence-corrected chi connectivity index (χ4v) is 3.66. The number of hydrogen-bond acceptors (Lipinski definition) is 8. The second-order valence-corrected chi connectivity index (χ2v) is 7.95. The first-order valence-electron chi connectivity index (χ1n) is 10.9. The molecule has 1 aliphatic heterocycles. The molecule has 178 valence electrons. The number of hydrogen-bond donors (Lipinski definition) is 1. The summed E-state index contributed by atoms with van der Waals surface area (Å²) in [6.45, 7) is 3.75. The van der Waals surface area contributed by atoms with Gasteiger partial charge in [0.1, 0.15) is 17.9 Å². The number of nitrogens with one attached hydrogen (secondary N) is 1. The summed E-state index contributed by atoms with van der Waals surface area (Å²) >= 11 is 0. The third-order valence-electron chi connectivity index (χ3n) is 5.28. The maximum absolute atomic E-state index is 12.2. The van der Waals surface area contributed by atoms with Crippen molar-refractivity contribution in [3.05, 3.63) is 70.1 Å². The van der Waals surface area contributed by atoms with Gasteiger partial charge in [0.2, 0.25) is 6.29 Å². The van der Waals surface area contributed by atoms with Crippen LogP contribution in [0.15, 0.2) is 57.7 Å². The minimum atomic E-state index is -0.663. The van der Waals surface area contributed by atoms with Crippen LogP contribution in [0.4, 0.5) is 10.5 Å². The molecule has 1 aromatic heterocycles. The van der Waals surface area contributed by atoms with Crippen molar-refractivity contribution in [2.75, 3.05) is 11.9 Å². The Morgan fingerprint density at radius 3 is 2.68 bits per heavy atom. The van der Waals surface area contributed by atoms with Crippen molar-refractivity contribution in [3.63, 3.8) is 0 Å². The quantitative estimate of drug-likeness (QED) is 0.422. The van der Waals surface area contributed by atoms with Gasteiger partial charge in [-0.05, 0) is 61.2 Å². The summed E-state index contributed by atoms with van der Waals surface area (Å²) in [7, 11) is 0. The Bertz CT molecular complexity index is 1230. The Hall–Kier alpha value is -3.85. The number of ether oxygens (including phenoxy) is 4. The van der Waals surface area contributed by atoms with E-state index in [9.17, 15) is 14.4 Å². The van der Waals surface area contributed by atoms with Crippen LogP contribution in [0.2, 0.25) is 0 Å². The molecule has 2 aromatic carbocycles. The van der Waals surface area contributed by atoms with E-state index in [0.717, 1.165) is 22.9 Å². The van der Waals surface area contributed by atoms with Gasteiger partial charge in [0.25, 0.3) is 0 Å². The summed E-state index contributed by atoms with van der Waals surface area (Å²) in [6, 6.07) is 13.4. The van der Waals surface area contributed by atoms with Crippen LogP contribution in [0.5, 0.6) is 5.75 Å². The molecule has 1 amide bonds. The molecule has 0 aliphatic carbocycles. The average Bonchev–Trinajstić information content (AvgIpc) is 2.80. The van der Waals surface area contributed by atoms with Crippen LogP contribution < -0.4 is 15.7 Å². The van der Waals surface area contributed by atoms with Crippen molar-refractivity contribution in [2.45, 2.75) is 45.7 Å². The number of fused-ring (bicyclic) bond motifs is 1. The van der Waals surface area contributed by atoms with Gasteiger partial charge >= 0.3 is 17.7 Å². The second-order valence-electron chi connectivity index (χ2n) is 7.95. The van der Waals surface area contributed by atoms with Crippen LogP contribution in [-0.4, -0.2) is 31.1 Å². The van der Waals surface area contributed by atoms with Crippen LogP contribution in [0.1, 0.15) is 30.9 Å². The van der Waals surface area contributed by atoms with Gasteiger partial charge in [-0.15, -0.1) is 0 Å². The summed E-state index contributed by atoms with van der Waals surface area (Å²) in [5.41, 5.74) is 2.07. The number of rotatable bonds is 6. The Morgan fingerprint density at radius 2 is 1.91 bits per heavy atom. The molecule has 2 heterocycles. The zero-order valence-electron chi connectivity index (χ0n) is 18.9. The lowest BCUT2D eigenvalue weighted by Gasteiger charge is -2.31. The molecule has 3 aromatic rings. The van der Waals surface area contributed by atoms with Gasteiger partial charge in [-0.1, -0.05) is 12.1 Å². The van der Waals surface area contributed by atoms with E-state index >= 15 is 0 Å². The van der Waals surface area contributed by atoms with Crippen LogP contribution in [0.3, 0.4) is 0 Å². The van der Waals surface area contributed by atoms with E-state index in [-0.39, 0.29) is 12.6 Å². The first kappa shape index (κ1) is 23.3. The molecule has 1 fully saturated rings. The average molecular weight is 467 g/mol. The number of anilines is 1. The Kier molecular flexibility index (Phi) is 7.12. The summed E-state index contributed by atoms with van der Waals surface area (Å²) < 4.78 is 27.2. The molecular weight excluding hydrogens is 442 g/mol. The lowest BCUT2D eigenvalue weighted by Crippen LogP contribution is -2.41. The van der Waals surface area contributed by atoms with E-state index in [1.54, 1.807) is 49.4 Å². The number of aryl methyl sites for hydroxylation is 1. The van der Waals surface area contributed by atoms with E-state index < -0.39 is 24.1 Å². The minimum absolute atomic E-state index is 0.0591. The van der Waals surface area contributed by atoms with Crippen molar-refractivity contribution in [1.29, 1.82) is 0 Å². The van der Waals surface area contributed by atoms with Gasteiger partial charge < -0.3 is 23.4 Å². The molecule has 9 heteroatoms. The van der Waals surface area contributed by atoms with Gasteiger partial charge in [0.15, 0.2) is 6.10 Å². The minimum Gasteiger partial charge on any atom is -0.461 e. The number of carbonyl (C=O) groups is 2. The molecule has 0 radical (unpaired) electrons. The highest BCUT2D eigenvalue weighted by atomic mass is 16.7. The molecule has 0 saturated carbocycles. The molecule has 1 saturated heterocycles. The van der Waals surface area contributed by atoms with Crippen molar-refractivity contribution in [3.8, 4) is 5.75 Å². The second kappa shape index (κ2) is 10.4. The van der Waals surface area contributed by atoms with Gasteiger partial charge in [0.05, 0.1) is 6.61 Å². The first-order valence-corrected chi connectivity index (χ1v) is 10.9. The predicted molar refractivity (Wildman–Crippen MR) is 123 cm³/mol. The topological polar surface area (TPSA) is 113 Å². The number of esters is 1. The van der Waals surface area contributed by atoms with Crippen LogP contribution in [0.25, 0.3) is 11.0 Å². The van der Waals surface area contributed by atoms with E-state index in [1.165, 1.54) is 13.0 Å². The Balaban J connectivity index is 1.31. The van der Waals surface area contributed by atoms with Crippen molar-refractivity contribution in [1.82, 2.24) is 0 Å². The van der Waals surface area contributed by atoms with E-state index in [1.807, 2.05) is 0 Å². The first-order chi connectivity index (χ1) is 16.4. The number of carbonyl (C=O) groups excluding carboxylic acids is 2. The van der Waals surface area contributed by atoms with Crippen molar-refractivity contribution >= 4 is 28.7 Å². The van der Waals surface area contributed by atoms with Crippen molar-refractivity contribution in [2.24, 2.45) is 0 Å². The highest BCUT2D eigenvalue weighted by molar-refractivity contribution is 5.90. The van der Waals surface area contributed by atoms with E-state index in [4.69, 9.17) is 23.4 Å². The maximum atomic E-state index is 12.2. The third kappa shape index (κ3) is 5.93. The lowest BCUT2D eigenvalue weighted by molar-refractivity contribution is -0.195. The Labute approximate surface area is 195 Å². The molecule has 0 spiro atoms. The normalized spacial score (nSPS) is 17.7. The molecule has 2 unspecified atom stereocenters. The zero-order valence-corrected chi connectivity index (χ0v) is 18.9. The van der Waals surface area contributed by atoms with Gasteiger partial charge in [0, 0.05) is 24.1 Å². The number of amides is 1. The van der Waals surface area contributed by atoms with Crippen LogP contribution in [-0.2, 0) is 25.6 Å². The highest BCUT2D eigenvalue weighted by Crippen LogP contribution is 2.23. The molecule has 0 bridgehead atoms. The maximum Gasteiger partial charge on any atom is 0.411 e. The fraction of sp³-hybridized carbons (Fsp3) is 0.320. The van der Waals surface area contributed by atoms with E-state index in [0.29, 0.717) is 30.0 Å². The van der Waals surface area contributed by atoms with E-state index in [2.05, 4.69) is 5.32 Å².